The third-order valence-corrected chi connectivity index (χ3v) is 7.07. The lowest BCUT2D eigenvalue weighted by molar-refractivity contribution is -0.147. The Kier molecular flexibility index (Phi) is 8.51. The van der Waals surface area contributed by atoms with Gasteiger partial charge in [0.25, 0.3) is 5.56 Å². The molecule has 2 amide bonds. The summed E-state index contributed by atoms with van der Waals surface area (Å²) < 4.78 is 66.8. The van der Waals surface area contributed by atoms with Crippen molar-refractivity contribution in [2.75, 3.05) is 49.3 Å². The van der Waals surface area contributed by atoms with Crippen molar-refractivity contribution in [2.24, 2.45) is 7.05 Å². The summed E-state index contributed by atoms with van der Waals surface area (Å²) in [5.41, 5.74) is 4.48. The molecule has 218 valence electrons. The van der Waals surface area contributed by atoms with E-state index in [0.717, 1.165) is 16.5 Å². The van der Waals surface area contributed by atoms with Gasteiger partial charge in [-0.3, -0.25) is 4.79 Å². The third kappa shape index (κ3) is 6.46. The summed E-state index contributed by atoms with van der Waals surface area (Å²) in [6, 6.07) is 0.440. The normalized spacial score (nSPS) is 20.2. The molecule has 5 N–H and O–H groups in total. The molecule has 0 unspecified atom stereocenters. The van der Waals surface area contributed by atoms with Crippen LogP contribution in [0.2, 0.25) is 0 Å². The molecule has 4 rings (SSSR count). The summed E-state index contributed by atoms with van der Waals surface area (Å²) in [6.45, 7) is 1.38. The molecule has 0 aromatic carbocycles. The second-order valence-corrected chi connectivity index (χ2v) is 9.84. The van der Waals surface area contributed by atoms with E-state index >= 15 is 4.39 Å². The highest BCUT2D eigenvalue weighted by molar-refractivity contribution is 5.95. The van der Waals surface area contributed by atoms with Gasteiger partial charge in [0.1, 0.15) is 29.3 Å². The van der Waals surface area contributed by atoms with Gasteiger partial charge in [-0.25, -0.2) is 19.6 Å². The first kappa shape index (κ1) is 29.1. The molecule has 0 bridgehead atoms. The minimum atomic E-state index is -4.72. The molecule has 2 saturated heterocycles. The van der Waals surface area contributed by atoms with Crippen molar-refractivity contribution in [3.05, 3.63) is 46.0 Å². The largest absolute Gasteiger partial charge is 0.441 e. The van der Waals surface area contributed by atoms with Gasteiger partial charge in [0.15, 0.2) is 0 Å². The van der Waals surface area contributed by atoms with E-state index in [1.165, 1.54) is 13.2 Å². The van der Waals surface area contributed by atoms with Crippen LogP contribution >= 0.6 is 0 Å². The lowest BCUT2D eigenvalue weighted by Gasteiger charge is -2.40. The van der Waals surface area contributed by atoms with Crippen LogP contribution in [-0.4, -0.2) is 78.0 Å². The number of rotatable bonds is 5. The lowest BCUT2D eigenvalue weighted by Crippen LogP contribution is -2.54. The molecular weight excluding hydrogens is 538 g/mol. The summed E-state index contributed by atoms with van der Waals surface area (Å²) in [5, 5.41) is 8.36. The summed E-state index contributed by atoms with van der Waals surface area (Å²) >= 11 is 0. The highest BCUT2D eigenvalue weighted by atomic mass is 19.4. The zero-order chi connectivity index (χ0) is 29.2. The first-order chi connectivity index (χ1) is 18.8. The number of carbonyl (C=O) groups is 1. The van der Waals surface area contributed by atoms with E-state index in [9.17, 15) is 22.8 Å². The fourth-order valence-corrected chi connectivity index (χ4v) is 4.75. The molecule has 0 radical (unpaired) electrons. The predicted octanol–water partition coefficient (Wildman–Crippen LogP) is 1.16. The summed E-state index contributed by atoms with van der Waals surface area (Å²) in [7, 11) is 2.47. The molecular formula is C25H32F4N7O4+. The molecule has 2 aromatic heterocycles. The Morgan fingerprint density at radius 3 is 2.62 bits per heavy atom. The topological polar surface area (TPSA) is 141 Å². The smallest absolute Gasteiger partial charge is 0.417 e. The highest BCUT2D eigenvalue weighted by Gasteiger charge is 2.36. The van der Waals surface area contributed by atoms with E-state index in [4.69, 9.17) is 20.6 Å². The number of ether oxygens (including phenoxy) is 2. The van der Waals surface area contributed by atoms with Crippen LogP contribution in [0.3, 0.4) is 0 Å². The van der Waals surface area contributed by atoms with Gasteiger partial charge in [-0.2, -0.15) is 13.2 Å². The number of anilines is 3. The van der Waals surface area contributed by atoms with Crippen molar-refractivity contribution in [3.8, 4) is 0 Å². The van der Waals surface area contributed by atoms with Crippen LogP contribution in [0.15, 0.2) is 29.3 Å². The molecule has 11 nitrogen and oxygen atoms in total. The number of alkyl halides is 4. The van der Waals surface area contributed by atoms with Gasteiger partial charge in [0.05, 0.1) is 43.2 Å². The molecule has 0 aliphatic carbocycles. The van der Waals surface area contributed by atoms with Gasteiger partial charge in [-0.05, 0) is 18.6 Å². The molecule has 2 aliphatic rings. The van der Waals surface area contributed by atoms with E-state index in [0.29, 0.717) is 56.1 Å². The van der Waals surface area contributed by atoms with Crippen molar-refractivity contribution < 1.29 is 37.2 Å². The Bertz CT molecular complexity index is 1310. The number of piperidine rings is 1. The molecule has 2 fully saturated rings. The van der Waals surface area contributed by atoms with Crippen LogP contribution < -0.4 is 26.9 Å². The molecule has 0 spiro atoms. The molecule has 2 atom stereocenters. The second-order valence-electron chi connectivity index (χ2n) is 9.84. The fourth-order valence-electron chi connectivity index (χ4n) is 4.75. The number of amides is 2. The molecule has 40 heavy (non-hydrogen) atoms. The van der Waals surface area contributed by atoms with Crippen LogP contribution in [0.25, 0.3) is 0 Å². The van der Waals surface area contributed by atoms with E-state index in [1.807, 2.05) is 0 Å². The van der Waals surface area contributed by atoms with E-state index in [-0.39, 0.29) is 30.8 Å². The summed E-state index contributed by atoms with van der Waals surface area (Å²) in [5.74, 6) is 0.278. The number of pyridine rings is 2. The van der Waals surface area contributed by atoms with Crippen LogP contribution in [0, 0.1) is 0 Å². The number of nitrogen functional groups attached to an aromatic ring is 1. The van der Waals surface area contributed by atoms with Gasteiger partial charge in [0.2, 0.25) is 0 Å². The Morgan fingerprint density at radius 2 is 1.98 bits per heavy atom. The van der Waals surface area contributed by atoms with Gasteiger partial charge < -0.3 is 34.9 Å². The van der Waals surface area contributed by atoms with Crippen molar-refractivity contribution in [1.29, 1.82) is 0 Å². The number of aromatic nitrogens is 2. The first-order valence-corrected chi connectivity index (χ1v) is 12.7. The van der Waals surface area contributed by atoms with E-state index < -0.39 is 41.2 Å². The van der Waals surface area contributed by atoms with Gasteiger partial charge >= 0.3 is 18.1 Å². The van der Waals surface area contributed by atoms with E-state index in [1.54, 1.807) is 11.0 Å². The van der Waals surface area contributed by atoms with Crippen LogP contribution in [0.1, 0.15) is 30.4 Å². The molecule has 2 aromatic rings. The Balaban J connectivity index is 1.41. The van der Waals surface area contributed by atoms with Crippen LogP contribution in [-0.2, 0) is 22.7 Å². The number of nitrogens with two attached hydrogens (primary N) is 2. The van der Waals surface area contributed by atoms with Gasteiger partial charge in [-0.1, -0.05) is 0 Å². The zero-order valence-electron chi connectivity index (χ0n) is 22.1. The predicted molar refractivity (Wildman–Crippen MR) is 139 cm³/mol. The second kappa shape index (κ2) is 11.7. The lowest BCUT2D eigenvalue weighted by atomic mass is 10.0. The van der Waals surface area contributed by atoms with Gasteiger partial charge in [-0.15, -0.1) is 0 Å². The average molecular weight is 571 g/mol. The van der Waals surface area contributed by atoms with Crippen LogP contribution in [0.5, 0.6) is 0 Å². The monoisotopic (exact) mass is 570 g/mol. The first-order valence-electron chi connectivity index (χ1n) is 12.7. The number of nitrogens with zero attached hydrogens (tertiary/aromatic N) is 4. The maximum atomic E-state index is 15.4. The van der Waals surface area contributed by atoms with Crippen molar-refractivity contribution in [1.82, 2.24) is 14.5 Å². The van der Waals surface area contributed by atoms with Crippen molar-refractivity contribution in [2.45, 2.75) is 43.8 Å². The standard InChI is InChI=1S/C25H31F4N7O4/c1-34-12-14(25(27,28)29)9-19(23(34)37)33-24(38)35(2)20-3-6-36(13-18(20)26)15-10-17(21(30)32-11-15)22(31)40-16-4-7-39-8-5-16/h9-12,16,18,20,31H,3-8,13H2,1-2H3,(H2,30,32)(H,33,38)/p+1/t18-,20+/m0/s1. The fraction of sp³-hybridized carbons (Fsp3) is 0.520. The Hall–Kier alpha value is -3.88. The maximum Gasteiger partial charge on any atom is 0.417 e. The molecule has 15 heteroatoms. The number of urea groups is 1. The highest BCUT2D eigenvalue weighted by Crippen LogP contribution is 2.30. The summed E-state index contributed by atoms with van der Waals surface area (Å²) in [4.78, 5) is 32.1. The maximum absolute atomic E-state index is 15.4. The minimum Gasteiger partial charge on any atom is -0.441 e. The number of nitrogens with one attached hydrogen (secondary N) is 1. The number of carbonyl (C=O) groups excluding carboxylic acids is 1. The number of halogens is 4. The zero-order valence-corrected chi connectivity index (χ0v) is 22.1. The number of hydrogen-bond donors (Lipinski definition) is 3. The molecule has 0 saturated carbocycles. The third-order valence-electron chi connectivity index (χ3n) is 7.07. The number of aryl methyl sites for hydroxylation is 1. The molecule has 4 heterocycles. The van der Waals surface area contributed by atoms with Gasteiger partial charge in [0, 0.05) is 39.7 Å². The average Bonchev–Trinajstić information content (AvgIpc) is 2.90. The summed E-state index contributed by atoms with van der Waals surface area (Å²) in [6.07, 6.45) is -2.65. The minimum absolute atomic E-state index is 0.0978. The Morgan fingerprint density at radius 1 is 1.27 bits per heavy atom. The van der Waals surface area contributed by atoms with Crippen LogP contribution in [0.4, 0.5) is 39.5 Å². The molecule has 2 aliphatic heterocycles. The van der Waals surface area contributed by atoms with Crippen molar-refractivity contribution in [3.63, 3.8) is 0 Å². The van der Waals surface area contributed by atoms with E-state index in [2.05, 4.69) is 10.3 Å². The Labute approximate surface area is 227 Å². The van der Waals surface area contributed by atoms with Crippen molar-refractivity contribution >= 4 is 29.1 Å². The quantitative estimate of drug-likeness (QED) is 0.279. The number of hydrogen-bond acceptors (Lipinski definition) is 7. The SMILES string of the molecule is CN(C(=O)Nc1cc(C(F)(F)F)cn(C)c1=O)[C@@H]1CCN(c2cnc(N)c(C(=[NH2+])OC3CCOCC3)c2)C[C@@H]1F.